The molecule has 76 valence electrons. The molecule has 0 fully saturated rings. The van der Waals surface area contributed by atoms with Crippen molar-refractivity contribution in [1.29, 1.82) is 0 Å². The zero-order valence-electron chi connectivity index (χ0n) is 8.26. The molecule has 1 amide bonds. The Morgan fingerprint density at radius 1 is 1.23 bits per heavy atom. The summed E-state index contributed by atoms with van der Waals surface area (Å²) in [6.45, 7) is 3.74. The number of amides is 1. The first-order valence-electron chi connectivity index (χ1n) is 4.69. The van der Waals surface area contributed by atoms with Crippen molar-refractivity contribution in [1.82, 2.24) is 5.48 Å². The Hall–Kier alpha value is -1.06. The van der Waals surface area contributed by atoms with Gasteiger partial charge in [-0.3, -0.25) is 4.79 Å². The summed E-state index contributed by atoms with van der Waals surface area (Å²) >= 11 is 0. The Labute approximate surface area is 78.6 Å². The van der Waals surface area contributed by atoms with E-state index in [-0.39, 0.29) is 12.3 Å². The fraction of sp³-hybridized carbons (Fsp3) is 0.778. The van der Waals surface area contributed by atoms with Crippen LogP contribution in [0.1, 0.15) is 46.0 Å². The summed E-state index contributed by atoms with van der Waals surface area (Å²) in [6.07, 6.45) is 3.63. The molecule has 0 heterocycles. The number of hydroxylamine groups is 1. The van der Waals surface area contributed by atoms with Crippen LogP contribution in [0.3, 0.4) is 0 Å². The molecule has 0 aliphatic heterocycles. The van der Waals surface area contributed by atoms with Crippen molar-refractivity contribution in [2.75, 3.05) is 0 Å². The quantitative estimate of drug-likeness (QED) is 0.524. The van der Waals surface area contributed by atoms with Crippen molar-refractivity contribution in [3.63, 3.8) is 0 Å². The van der Waals surface area contributed by atoms with Gasteiger partial charge in [0.1, 0.15) is 0 Å². The molecule has 13 heavy (non-hydrogen) atoms. The second-order valence-electron chi connectivity index (χ2n) is 2.81. The highest BCUT2D eigenvalue weighted by Crippen LogP contribution is 1.98. The Kier molecular flexibility index (Phi) is 6.96. The van der Waals surface area contributed by atoms with Crippen molar-refractivity contribution >= 4 is 11.9 Å². The summed E-state index contributed by atoms with van der Waals surface area (Å²) in [5, 5.41) is 0. The SMILES string of the molecule is CCCCCC(=O)NOC(=O)CC. The normalized spacial score (nSPS) is 9.38. The molecule has 0 radical (unpaired) electrons. The summed E-state index contributed by atoms with van der Waals surface area (Å²) in [5.41, 5.74) is 2.10. The van der Waals surface area contributed by atoms with Crippen molar-refractivity contribution < 1.29 is 14.4 Å². The molecule has 0 aliphatic rings. The zero-order valence-corrected chi connectivity index (χ0v) is 8.26. The minimum Gasteiger partial charge on any atom is -0.341 e. The lowest BCUT2D eigenvalue weighted by atomic mass is 10.2. The lowest BCUT2D eigenvalue weighted by Gasteiger charge is -2.03. The van der Waals surface area contributed by atoms with E-state index in [1.54, 1.807) is 6.92 Å². The van der Waals surface area contributed by atoms with E-state index < -0.39 is 5.97 Å². The molecular weight excluding hydrogens is 170 g/mol. The van der Waals surface area contributed by atoms with Gasteiger partial charge in [-0.2, -0.15) is 5.48 Å². The van der Waals surface area contributed by atoms with E-state index in [4.69, 9.17) is 0 Å². The van der Waals surface area contributed by atoms with E-state index in [2.05, 4.69) is 17.2 Å². The number of unbranched alkanes of at least 4 members (excludes halogenated alkanes) is 2. The number of nitrogens with one attached hydrogen (secondary N) is 1. The molecule has 0 spiro atoms. The van der Waals surface area contributed by atoms with E-state index in [0.29, 0.717) is 6.42 Å². The molecule has 4 heteroatoms. The highest BCUT2D eigenvalue weighted by Gasteiger charge is 2.03. The maximum atomic E-state index is 10.9. The number of rotatable bonds is 5. The lowest BCUT2D eigenvalue weighted by molar-refractivity contribution is -0.158. The van der Waals surface area contributed by atoms with Crippen LogP contribution in [0.5, 0.6) is 0 Å². The Morgan fingerprint density at radius 3 is 2.46 bits per heavy atom. The van der Waals surface area contributed by atoms with Crippen LogP contribution in [0, 0.1) is 0 Å². The Morgan fingerprint density at radius 2 is 1.92 bits per heavy atom. The van der Waals surface area contributed by atoms with Crippen LogP contribution in [0.4, 0.5) is 0 Å². The lowest BCUT2D eigenvalue weighted by Crippen LogP contribution is -2.26. The van der Waals surface area contributed by atoms with Crippen molar-refractivity contribution in [3.05, 3.63) is 0 Å². The maximum Gasteiger partial charge on any atom is 0.331 e. The number of carbonyl (C=O) groups excluding carboxylic acids is 2. The molecule has 0 rings (SSSR count). The molecule has 0 unspecified atom stereocenters. The van der Waals surface area contributed by atoms with Crippen LogP contribution in [-0.2, 0) is 14.4 Å². The zero-order chi connectivity index (χ0) is 10.1. The third-order valence-corrected chi connectivity index (χ3v) is 1.57. The monoisotopic (exact) mass is 187 g/mol. The summed E-state index contributed by atoms with van der Waals surface area (Å²) in [6, 6.07) is 0. The fourth-order valence-electron chi connectivity index (χ4n) is 0.773. The predicted molar refractivity (Wildman–Crippen MR) is 48.7 cm³/mol. The summed E-state index contributed by atoms with van der Waals surface area (Å²) in [4.78, 5) is 26.0. The van der Waals surface area contributed by atoms with E-state index >= 15 is 0 Å². The van der Waals surface area contributed by atoms with Gasteiger partial charge in [0.2, 0.25) is 0 Å². The van der Waals surface area contributed by atoms with E-state index in [1.807, 2.05) is 0 Å². The van der Waals surface area contributed by atoms with Crippen LogP contribution < -0.4 is 5.48 Å². The summed E-state index contributed by atoms with van der Waals surface area (Å²) in [7, 11) is 0. The van der Waals surface area contributed by atoms with Crippen LogP contribution >= 0.6 is 0 Å². The van der Waals surface area contributed by atoms with Crippen molar-refractivity contribution in [2.24, 2.45) is 0 Å². The molecule has 0 aromatic carbocycles. The van der Waals surface area contributed by atoms with Gasteiger partial charge in [-0.15, -0.1) is 0 Å². The second-order valence-corrected chi connectivity index (χ2v) is 2.81. The van der Waals surface area contributed by atoms with Gasteiger partial charge < -0.3 is 4.84 Å². The van der Waals surface area contributed by atoms with Crippen LogP contribution in [0.15, 0.2) is 0 Å². The highest BCUT2D eigenvalue weighted by molar-refractivity contribution is 5.77. The standard InChI is InChI=1S/C9H17NO3/c1-3-5-6-7-8(11)10-13-9(12)4-2/h3-7H2,1-2H3,(H,10,11). The molecule has 0 atom stereocenters. The van der Waals surface area contributed by atoms with Gasteiger partial charge in [-0.25, -0.2) is 4.79 Å². The molecule has 0 aromatic rings. The highest BCUT2D eigenvalue weighted by atomic mass is 16.7. The van der Waals surface area contributed by atoms with E-state index in [9.17, 15) is 9.59 Å². The molecule has 0 saturated heterocycles. The predicted octanol–water partition coefficient (Wildman–Crippen LogP) is 1.55. The molecule has 0 aliphatic carbocycles. The van der Waals surface area contributed by atoms with Crippen molar-refractivity contribution in [3.8, 4) is 0 Å². The van der Waals surface area contributed by atoms with Gasteiger partial charge in [0.25, 0.3) is 5.91 Å². The molecular formula is C9H17NO3. The largest absolute Gasteiger partial charge is 0.341 e. The van der Waals surface area contributed by atoms with Gasteiger partial charge >= 0.3 is 5.97 Å². The first kappa shape index (κ1) is 11.9. The summed E-state index contributed by atoms with van der Waals surface area (Å²) in [5.74, 6) is -0.640. The van der Waals surface area contributed by atoms with E-state index in [1.165, 1.54) is 0 Å². The first-order chi connectivity index (χ1) is 6.20. The average molecular weight is 187 g/mol. The molecule has 0 bridgehead atoms. The molecule has 0 aromatic heterocycles. The van der Waals surface area contributed by atoms with E-state index in [0.717, 1.165) is 19.3 Å². The minimum absolute atomic E-state index is 0.227. The molecule has 1 N–H and O–H groups in total. The third-order valence-electron chi connectivity index (χ3n) is 1.57. The topological polar surface area (TPSA) is 55.4 Å². The van der Waals surface area contributed by atoms with Gasteiger partial charge in [0.05, 0.1) is 0 Å². The van der Waals surface area contributed by atoms with Crippen LogP contribution in [-0.4, -0.2) is 11.9 Å². The summed E-state index contributed by atoms with van der Waals surface area (Å²) < 4.78 is 0. The Balaban J connectivity index is 3.35. The fourth-order valence-corrected chi connectivity index (χ4v) is 0.773. The minimum atomic E-state index is -0.413. The first-order valence-corrected chi connectivity index (χ1v) is 4.69. The molecule has 0 saturated carbocycles. The third kappa shape index (κ3) is 7.31. The number of hydrogen-bond donors (Lipinski definition) is 1. The Bertz CT molecular complexity index is 168. The van der Waals surface area contributed by atoms with Crippen LogP contribution in [0.2, 0.25) is 0 Å². The maximum absolute atomic E-state index is 10.9. The molecule has 4 nitrogen and oxygen atoms in total. The smallest absolute Gasteiger partial charge is 0.331 e. The van der Waals surface area contributed by atoms with Crippen LogP contribution in [0.25, 0.3) is 0 Å². The van der Waals surface area contributed by atoms with Gasteiger partial charge in [0.15, 0.2) is 0 Å². The second kappa shape index (κ2) is 7.58. The van der Waals surface area contributed by atoms with Gasteiger partial charge in [0, 0.05) is 12.8 Å². The average Bonchev–Trinajstić information content (AvgIpc) is 2.14. The number of hydrogen-bond acceptors (Lipinski definition) is 3. The van der Waals surface area contributed by atoms with Crippen molar-refractivity contribution in [2.45, 2.75) is 46.0 Å². The number of carbonyl (C=O) groups is 2. The van der Waals surface area contributed by atoms with Gasteiger partial charge in [-0.05, 0) is 6.42 Å². The van der Waals surface area contributed by atoms with Gasteiger partial charge in [-0.1, -0.05) is 26.7 Å².